The summed E-state index contributed by atoms with van der Waals surface area (Å²) in [6.07, 6.45) is 3.37. The predicted molar refractivity (Wildman–Crippen MR) is 69.6 cm³/mol. The Kier molecular flexibility index (Phi) is 3.75. The maximum Gasteiger partial charge on any atom is 0.246 e. The summed E-state index contributed by atoms with van der Waals surface area (Å²) in [6.45, 7) is 1.96. The van der Waals surface area contributed by atoms with E-state index in [9.17, 15) is 4.79 Å². The van der Waals surface area contributed by atoms with E-state index in [4.69, 9.17) is 9.47 Å². The lowest BCUT2D eigenvalue weighted by Crippen LogP contribution is -2.30. The molecule has 1 aromatic rings. The molecular formula is C12H16N2O3S. The number of carbonyl (C=O) groups is 1. The van der Waals surface area contributed by atoms with Crippen molar-refractivity contribution in [3.05, 3.63) is 11.9 Å². The predicted octanol–water partition coefficient (Wildman–Crippen LogP) is 1.96. The molecule has 0 amide bonds. The lowest BCUT2D eigenvalue weighted by molar-refractivity contribution is 0.0939. The van der Waals surface area contributed by atoms with Gasteiger partial charge in [-0.2, -0.15) is 4.98 Å². The Morgan fingerprint density at radius 3 is 2.78 bits per heavy atom. The minimum absolute atomic E-state index is 0.0167. The molecule has 1 atom stereocenters. The zero-order valence-electron chi connectivity index (χ0n) is 10.7. The fourth-order valence-corrected chi connectivity index (χ4v) is 3.22. The first kappa shape index (κ1) is 13.1. The lowest BCUT2D eigenvalue weighted by atomic mass is 9.98. The van der Waals surface area contributed by atoms with E-state index in [-0.39, 0.29) is 17.4 Å². The molecule has 0 aliphatic carbocycles. The zero-order valence-corrected chi connectivity index (χ0v) is 11.5. The van der Waals surface area contributed by atoms with Crippen LogP contribution in [0.5, 0.6) is 11.8 Å². The van der Waals surface area contributed by atoms with Gasteiger partial charge in [0.2, 0.25) is 17.5 Å². The van der Waals surface area contributed by atoms with Crippen LogP contribution in [-0.2, 0) is 0 Å². The molecule has 0 bridgehead atoms. The van der Waals surface area contributed by atoms with Gasteiger partial charge in [-0.1, -0.05) is 0 Å². The van der Waals surface area contributed by atoms with E-state index in [1.54, 1.807) is 11.8 Å². The largest absolute Gasteiger partial charge is 0.480 e. The van der Waals surface area contributed by atoms with Gasteiger partial charge in [0.15, 0.2) is 5.69 Å². The first-order chi connectivity index (χ1) is 8.60. The highest BCUT2D eigenvalue weighted by molar-refractivity contribution is 8.01. The van der Waals surface area contributed by atoms with Gasteiger partial charge >= 0.3 is 0 Å². The maximum atomic E-state index is 12.5. The van der Waals surface area contributed by atoms with Crippen LogP contribution in [0.1, 0.15) is 30.3 Å². The average Bonchev–Trinajstić information content (AvgIpc) is 2.85. The molecule has 1 aliphatic rings. The normalized spacial score (nSPS) is 22.8. The minimum Gasteiger partial charge on any atom is -0.480 e. The number of nitrogens with zero attached hydrogens (tertiary/aromatic N) is 2. The number of hydrogen-bond donors (Lipinski definition) is 0. The SMILES string of the molecule is COc1cnc(C(=O)C2(C)CCCS2)c(OC)n1. The standard InChI is InChI=1S/C12H16N2O3S/c1-12(5-4-6-18-12)10(15)9-11(17-3)14-8(16-2)7-13-9/h7H,4-6H2,1-3H3. The second-order valence-electron chi connectivity index (χ2n) is 4.28. The highest BCUT2D eigenvalue weighted by Crippen LogP contribution is 2.41. The third-order valence-corrected chi connectivity index (χ3v) is 4.55. The van der Waals surface area contributed by atoms with E-state index in [1.807, 2.05) is 6.92 Å². The topological polar surface area (TPSA) is 61.3 Å². The number of hydrogen-bond acceptors (Lipinski definition) is 6. The third-order valence-electron chi connectivity index (χ3n) is 3.04. The summed E-state index contributed by atoms with van der Waals surface area (Å²) < 4.78 is 9.70. The summed E-state index contributed by atoms with van der Waals surface area (Å²) >= 11 is 1.67. The molecule has 18 heavy (non-hydrogen) atoms. The van der Waals surface area contributed by atoms with Crippen molar-refractivity contribution in [2.45, 2.75) is 24.5 Å². The number of methoxy groups -OCH3 is 2. The van der Waals surface area contributed by atoms with Gasteiger partial charge in [-0.3, -0.25) is 4.79 Å². The number of aromatic nitrogens is 2. The molecule has 1 fully saturated rings. The van der Waals surface area contributed by atoms with Crippen molar-refractivity contribution >= 4 is 17.5 Å². The molecule has 1 saturated heterocycles. The van der Waals surface area contributed by atoms with Gasteiger partial charge in [0, 0.05) is 0 Å². The Balaban J connectivity index is 2.35. The van der Waals surface area contributed by atoms with Gasteiger partial charge in [-0.05, 0) is 25.5 Å². The van der Waals surface area contributed by atoms with Crippen LogP contribution >= 0.6 is 11.8 Å². The van der Waals surface area contributed by atoms with Crippen molar-refractivity contribution in [2.24, 2.45) is 0 Å². The first-order valence-electron chi connectivity index (χ1n) is 5.74. The number of ketones is 1. The summed E-state index contributed by atoms with van der Waals surface area (Å²) in [6, 6.07) is 0. The van der Waals surface area contributed by atoms with Crippen LogP contribution < -0.4 is 9.47 Å². The van der Waals surface area contributed by atoms with Crippen molar-refractivity contribution in [1.82, 2.24) is 9.97 Å². The molecule has 0 saturated carbocycles. The van der Waals surface area contributed by atoms with Crippen LogP contribution in [-0.4, -0.2) is 40.5 Å². The quantitative estimate of drug-likeness (QED) is 0.778. The molecule has 1 aromatic heterocycles. The number of ether oxygens (including phenoxy) is 2. The third kappa shape index (κ3) is 2.29. The molecule has 0 radical (unpaired) electrons. The van der Waals surface area contributed by atoms with Crippen molar-refractivity contribution < 1.29 is 14.3 Å². The molecular weight excluding hydrogens is 252 g/mol. The van der Waals surface area contributed by atoms with Gasteiger partial charge in [-0.15, -0.1) is 11.8 Å². The highest BCUT2D eigenvalue weighted by atomic mass is 32.2. The first-order valence-corrected chi connectivity index (χ1v) is 6.73. The van der Waals surface area contributed by atoms with Crippen LogP contribution in [0.15, 0.2) is 6.20 Å². The van der Waals surface area contributed by atoms with Crippen molar-refractivity contribution in [2.75, 3.05) is 20.0 Å². The van der Waals surface area contributed by atoms with Crippen LogP contribution in [0.3, 0.4) is 0 Å². The molecule has 1 unspecified atom stereocenters. The molecule has 0 spiro atoms. The second-order valence-corrected chi connectivity index (χ2v) is 5.88. The van der Waals surface area contributed by atoms with E-state index in [0.29, 0.717) is 5.88 Å². The number of carbonyl (C=O) groups excluding carboxylic acids is 1. The molecule has 2 heterocycles. The van der Waals surface area contributed by atoms with Crippen molar-refractivity contribution in [1.29, 1.82) is 0 Å². The van der Waals surface area contributed by atoms with E-state index < -0.39 is 4.75 Å². The summed E-state index contributed by atoms with van der Waals surface area (Å²) in [7, 11) is 2.98. The van der Waals surface area contributed by atoms with Gasteiger partial charge in [0.1, 0.15) is 0 Å². The van der Waals surface area contributed by atoms with Gasteiger partial charge in [-0.25, -0.2) is 4.98 Å². The molecule has 98 valence electrons. The Labute approximate surface area is 110 Å². The molecule has 5 nitrogen and oxygen atoms in total. The lowest BCUT2D eigenvalue weighted by Gasteiger charge is -2.20. The molecule has 0 N–H and O–H groups in total. The van der Waals surface area contributed by atoms with Crippen LogP contribution in [0.2, 0.25) is 0 Å². The Morgan fingerprint density at radius 1 is 1.44 bits per heavy atom. The van der Waals surface area contributed by atoms with Gasteiger partial charge < -0.3 is 9.47 Å². The number of rotatable bonds is 4. The minimum atomic E-state index is -0.406. The Morgan fingerprint density at radius 2 is 2.22 bits per heavy atom. The Hall–Kier alpha value is -1.30. The fourth-order valence-electron chi connectivity index (χ4n) is 1.96. The number of thioether (sulfide) groups is 1. The maximum absolute atomic E-state index is 12.5. The fraction of sp³-hybridized carbons (Fsp3) is 0.583. The summed E-state index contributed by atoms with van der Waals surface area (Å²) in [5, 5.41) is 0. The average molecular weight is 268 g/mol. The smallest absolute Gasteiger partial charge is 0.246 e. The summed E-state index contributed by atoms with van der Waals surface area (Å²) in [4.78, 5) is 20.7. The van der Waals surface area contributed by atoms with Gasteiger partial charge in [0.25, 0.3) is 0 Å². The van der Waals surface area contributed by atoms with E-state index in [0.717, 1.165) is 18.6 Å². The monoisotopic (exact) mass is 268 g/mol. The molecule has 0 aromatic carbocycles. The molecule has 1 aliphatic heterocycles. The second kappa shape index (κ2) is 5.14. The van der Waals surface area contributed by atoms with E-state index in [2.05, 4.69) is 9.97 Å². The summed E-state index contributed by atoms with van der Waals surface area (Å²) in [5.41, 5.74) is 0.287. The Bertz CT molecular complexity index is 459. The van der Waals surface area contributed by atoms with Crippen LogP contribution in [0.4, 0.5) is 0 Å². The van der Waals surface area contributed by atoms with E-state index in [1.165, 1.54) is 20.4 Å². The summed E-state index contributed by atoms with van der Waals surface area (Å²) in [5.74, 6) is 1.56. The van der Waals surface area contributed by atoms with Crippen molar-refractivity contribution in [3.8, 4) is 11.8 Å². The van der Waals surface area contributed by atoms with E-state index >= 15 is 0 Å². The highest BCUT2D eigenvalue weighted by Gasteiger charge is 2.40. The molecule has 6 heteroatoms. The van der Waals surface area contributed by atoms with Crippen molar-refractivity contribution in [3.63, 3.8) is 0 Å². The molecule has 2 rings (SSSR count). The zero-order chi connectivity index (χ0) is 13.2. The van der Waals surface area contributed by atoms with Crippen LogP contribution in [0, 0.1) is 0 Å². The number of Topliss-reactive ketones (excluding diaryl/α,β-unsaturated/α-hetero) is 1. The van der Waals surface area contributed by atoms with Gasteiger partial charge in [0.05, 0.1) is 25.2 Å². The van der Waals surface area contributed by atoms with Crippen LogP contribution in [0.25, 0.3) is 0 Å².